The summed E-state index contributed by atoms with van der Waals surface area (Å²) in [5, 5.41) is 13.5. The minimum Gasteiger partial charge on any atom is -0.480 e. The lowest BCUT2D eigenvalue weighted by Crippen LogP contribution is -2.42. The highest BCUT2D eigenvalue weighted by Crippen LogP contribution is 2.31. The van der Waals surface area contributed by atoms with Gasteiger partial charge in [0.25, 0.3) is 0 Å². The maximum atomic E-state index is 12.5. The van der Waals surface area contributed by atoms with Crippen molar-refractivity contribution in [3.63, 3.8) is 0 Å². The lowest BCUT2D eigenvalue weighted by molar-refractivity contribution is -0.142. The SMILES string of the molecule is CCCC[C@@H](NC(=O)Cc1c(C)c2cc3c(C)c(C)oc3cc2oc1=O)C(=O)O. The molecule has 7 heteroatoms. The Labute approximate surface area is 167 Å². The Hall–Kier alpha value is -3.09. The van der Waals surface area contributed by atoms with Gasteiger partial charge in [-0.3, -0.25) is 4.79 Å². The minimum atomic E-state index is -1.08. The van der Waals surface area contributed by atoms with Crippen molar-refractivity contribution in [1.82, 2.24) is 5.32 Å². The van der Waals surface area contributed by atoms with Crippen LogP contribution in [0.15, 0.2) is 25.8 Å². The second kappa shape index (κ2) is 8.11. The van der Waals surface area contributed by atoms with Gasteiger partial charge in [-0.25, -0.2) is 9.59 Å². The standard InChI is InChI=1S/C22H25NO6/c1-5-6-7-17(21(25)26)23-20(24)9-16-12(3)15-8-14-11(2)13(4)28-18(14)10-19(15)29-22(16)27/h8,10,17H,5-7,9H2,1-4H3,(H,23,24)(H,25,26)/t17-/m1/s1. The molecule has 1 aromatic carbocycles. The van der Waals surface area contributed by atoms with E-state index in [9.17, 15) is 19.5 Å². The Balaban J connectivity index is 1.95. The van der Waals surface area contributed by atoms with Crippen molar-refractivity contribution in [1.29, 1.82) is 0 Å². The van der Waals surface area contributed by atoms with Crippen LogP contribution in [0, 0.1) is 20.8 Å². The average molecular weight is 399 g/mol. The molecular weight excluding hydrogens is 374 g/mol. The molecule has 2 aromatic heterocycles. The van der Waals surface area contributed by atoms with E-state index >= 15 is 0 Å². The van der Waals surface area contributed by atoms with Crippen molar-refractivity contribution >= 4 is 33.8 Å². The summed E-state index contributed by atoms with van der Waals surface area (Å²) in [6.45, 7) is 7.54. The van der Waals surface area contributed by atoms with Crippen LogP contribution in [-0.4, -0.2) is 23.0 Å². The van der Waals surface area contributed by atoms with Crippen LogP contribution in [0.3, 0.4) is 0 Å². The summed E-state index contributed by atoms with van der Waals surface area (Å²) in [6, 6.07) is 2.62. The molecule has 3 rings (SSSR count). The summed E-state index contributed by atoms with van der Waals surface area (Å²) in [4.78, 5) is 36.3. The predicted octanol–water partition coefficient (Wildman–Crippen LogP) is 3.77. The number of benzene rings is 1. The quantitative estimate of drug-likeness (QED) is 0.585. The monoisotopic (exact) mass is 399 g/mol. The van der Waals surface area contributed by atoms with E-state index in [0.29, 0.717) is 29.6 Å². The smallest absolute Gasteiger partial charge is 0.340 e. The minimum absolute atomic E-state index is 0.229. The van der Waals surface area contributed by atoms with Crippen LogP contribution in [0.5, 0.6) is 0 Å². The molecule has 7 nitrogen and oxygen atoms in total. The van der Waals surface area contributed by atoms with Crippen molar-refractivity contribution in [2.75, 3.05) is 0 Å². The number of fused-ring (bicyclic) bond motifs is 2. The van der Waals surface area contributed by atoms with Crippen LogP contribution in [0.2, 0.25) is 0 Å². The van der Waals surface area contributed by atoms with Crippen molar-refractivity contribution in [2.24, 2.45) is 0 Å². The molecule has 0 unspecified atom stereocenters. The van der Waals surface area contributed by atoms with Gasteiger partial charge in [0.2, 0.25) is 5.91 Å². The van der Waals surface area contributed by atoms with E-state index in [1.54, 1.807) is 13.0 Å². The number of aliphatic carboxylic acids is 1. The van der Waals surface area contributed by atoms with Crippen molar-refractivity contribution < 1.29 is 23.5 Å². The van der Waals surface area contributed by atoms with E-state index in [2.05, 4.69) is 5.32 Å². The van der Waals surface area contributed by atoms with Gasteiger partial charge >= 0.3 is 11.6 Å². The maximum Gasteiger partial charge on any atom is 0.340 e. The van der Waals surface area contributed by atoms with E-state index in [-0.39, 0.29) is 12.0 Å². The first-order valence-corrected chi connectivity index (χ1v) is 9.71. The third-order valence-electron chi connectivity index (χ3n) is 5.40. The number of carboxylic acids is 1. The number of hydrogen-bond acceptors (Lipinski definition) is 5. The molecule has 0 aliphatic rings. The largest absolute Gasteiger partial charge is 0.480 e. The van der Waals surface area contributed by atoms with Gasteiger partial charge < -0.3 is 19.3 Å². The van der Waals surface area contributed by atoms with Gasteiger partial charge in [0.1, 0.15) is 23.0 Å². The summed E-state index contributed by atoms with van der Waals surface area (Å²) in [5.41, 5.74) is 2.31. The number of carbonyl (C=O) groups is 2. The number of carboxylic acid groups (broad SMARTS) is 1. The first-order valence-electron chi connectivity index (χ1n) is 9.71. The molecule has 154 valence electrons. The van der Waals surface area contributed by atoms with Crippen LogP contribution in [0.4, 0.5) is 0 Å². The highest BCUT2D eigenvalue weighted by atomic mass is 16.4. The number of aryl methyl sites for hydroxylation is 3. The maximum absolute atomic E-state index is 12.5. The number of carbonyl (C=O) groups excluding carboxylic acids is 1. The number of furan rings is 1. The van der Waals surface area contributed by atoms with Crippen LogP contribution < -0.4 is 10.9 Å². The number of hydrogen-bond donors (Lipinski definition) is 2. The average Bonchev–Trinajstić information content (AvgIpc) is 2.94. The summed E-state index contributed by atoms with van der Waals surface area (Å²) >= 11 is 0. The van der Waals surface area contributed by atoms with Crippen LogP contribution in [0.1, 0.15) is 48.6 Å². The molecule has 0 aliphatic carbocycles. The highest BCUT2D eigenvalue weighted by molar-refractivity contribution is 5.97. The summed E-state index contributed by atoms with van der Waals surface area (Å²) in [7, 11) is 0. The molecule has 2 heterocycles. The van der Waals surface area contributed by atoms with E-state index in [1.807, 2.05) is 26.8 Å². The van der Waals surface area contributed by atoms with Gasteiger partial charge in [0, 0.05) is 16.8 Å². The second-order valence-corrected chi connectivity index (χ2v) is 7.40. The molecule has 2 N–H and O–H groups in total. The Bertz CT molecular complexity index is 1150. The molecule has 29 heavy (non-hydrogen) atoms. The van der Waals surface area contributed by atoms with Crippen LogP contribution >= 0.6 is 0 Å². The molecule has 0 fully saturated rings. The van der Waals surface area contributed by atoms with Crippen LogP contribution in [-0.2, 0) is 16.0 Å². The van der Waals surface area contributed by atoms with Crippen molar-refractivity contribution in [3.8, 4) is 0 Å². The van der Waals surface area contributed by atoms with Gasteiger partial charge in [-0.1, -0.05) is 19.8 Å². The number of rotatable bonds is 7. The molecule has 0 radical (unpaired) electrons. The van der Waals surface area contributed by atoms with Crippen molar-refractivity contribution in [3.05, 3.63) is 45.0 Å². The van der Waals surface area contributed by atoms with Gasteiger partial charge in [-0.15, -0.1) is 0 Å². The fraction of sp³-hybridized carbons (Fsp3) is 0.409. The van der Waals surface area contributed by atoms with Gasteiger partial charge in [0.05, 0.1) is 12.0 Å². The number of nitrogens with one attached hydrogen (secondary N) is 1. The zero-order chi connectivity index (χ0) is 21.3. The molecule has 1 atom stereocenters. The highest BCUT2D eigenvalue weighted by Gasteiger charge is 2.22. The Morgan fingerprint density at radius 1 is 1.07 bits per heavy atom. The second-order valence-electron chi connectivity index (χ2n) is 7.40. The Kier molecular flexibility index (Phi) is 5.77. The fourth-order valence-corrected chi connectivity index (χ4v) is 3.50. The number of unbranched alkanes of at least 4 members (excludes halogenated alkanes) is 1. The first-order chi connectivity index (χ1) is 13.7. The molecule has 0 bridgehead atoms. The molecular formula is C22H25NO6. The third-order valence-corrected chi connectivity index (χ3v) is 5.40. The summed E-state index contributed by atoms with van der Waals surface area (Å²) in [6.07, 6.45) is 1.63. The molecule has 0 spiro atoms. The molecule has 0 aliphatic heterocycles. The number of amides is 1. The Morgan fingerprint density at radius 2 is 1.72 bits per heavy atom. The van der Waals surface area contributed by atoms with Crippen LogP contribution in [0.25, 0.3) is 21.9 Å². The van der Waals surface area contributed by atoms with Gasteiger partial charge in [-0.2, -0.15) is 0 Å². The summed E-state index contributed by atoms with van der Waals surface area (Å²) in [5.74, 6) is -0.802. The van der Waals surface area contributed by atoms with E-state index in [0.717, 1.165) is 28.5 Å². The molecule has 3 aromatic rings. The molecule has 0 saturated carbocycles. The zero-order valence-corrected chi connectivity index (χ0v) is 17.0. The third kappa shape index (κ3) is 4.04. The summed E-state index contributed by atoms with van der Waals surface area (Å²) < 4.78 is 11.1. The predicted molar refractivity (Wildman–Crippen MR) is 109 cm³/mol. The zero-order valence-electron chi connectivity index (χ0n) is 17.0. The topological polar surface area (TPSA) is 110 Å². The normalized spacial score (nSPS) is 12.4. The first kappa shape index (κ1) is 20.6. The molecule has 1 amide bonds. The lowest BCUT2D eigenvalue weighted by Gasteiger charge is -2.14. The fourth-order valence-electron chi connectivity index (χ4n) is 3.50. The molecule has 0 saturated heterocycles. The van der Waals surface area contributed by atoms with E-state index in [1.165, 1.54) is 0 Å². The van der Waals surface area contributed by atoms with E-state index in [4.69, 9.17) is 8.83 Å². The van der Waals surface area contributed by atoms with Gasteiger partial charge in [-0.05, 0) is 44.4 Å². The van der Waals surface area contributed by atoms with Gasteiger partial charge in [0.15, 0.2) is 0 Å². The van der Waals surface area contributed by atoms with Crippen molar-refractivity contribution in [2.45, 2.75) is 59.4 Å². The Morgan fingerprint density at radius 3 is 2.38 bits per heavy atom. The lowest BCUT2D eigenvalue weighted by atomic mass is 10.0. The van der Waals surface area contributed by atoms with E-state index < -0.39 is 23.5 Å².